The van der Waals surface area contributed by atoms with E-state index in [1.54, 1.807) is 23.9 Å². The molecule has 1 saturated heterocycles. The number of sulfonamides is 1. The molecule has 1 aliphatic heterocycles. The van der Waals surface area contributed by atoms with Crippen molar-refractivity contribution in [1.29, 1.82) is 0 Å². The number of aromatic nitrogens is 6. The molecule has 0 spiro atoms. The van der Waals surface area contributed by atoms with Gasteiger partial charge in [0.1, 0.15) is 5.82 Å². The summed E-state index contributed by atoms with van der Waals surface area (Å²) in [7, 11) is -1.76. The zero-order valence-electron chi connectivity index (χ0n) is 15.6. The van der Waals surface area contributed by atoms with Gasteiger partial charge in [-0.3, -0.25) is 0 Å². The lowest BCUT2D eigenvalue weighted by Crippen LogP contribution is -2.40. The van der Waals surface area contributed by atoms with Crippen molar-refractivity contribution in [2.24, 2.45) is 7.05 Å². The lowest BCUT2D eigenvalue weighted by Gasteiger charge is -2.26. The maximum atomic E-state index is 12.9. The van der Waals surface area contributed by atoms with E-state index in [0.29, 0.717) is 42.7 Å². The third-order valence-corrected chi connectivity index (χ3v) is 7.54. The number of benzene rings is 1. The number of thioether (sulfide) groups is 1. The van der Waals surface area contributed by atoms with Gasteiger partial charge in [-0.15, -0.1) is 5.10 Å². The molecule has 1 aromatic carbocycles. The minimum absolute atomic E-state index is 0.263. The van der Waals surface area contributed by atoms with E-state index in [4.69, 9.17) is 4.74 Å². The van der Waals surface area contributed by atoms with Gasteiger partial charge in [-0.1, -0.05) is 11.8 Å². The molecule has 0 aliphatic carbocycles. The first-order valence-electron chi connectivity index (χ1n) is 8.93. The van der Waals surface area contributed by atoms with Crippen molar-refractivity contribution in [1.82, 2.24) is 34.1 Å². The largest absolute Gasteiger partial charge is 0.379 e. The van der Waals surface area contributed by atoms with E-state index in [1.807, 2.05) is 13.0 Å². The number of aryl methyl sites for hydroxylation is 2. The smallest absolute Gasteiger partial charge is 0.243 e. The number of hydrogen-bond donors (Lipinski definition) is 0. The van der Waals surface area contributed by atoms with Crippen molar-refractivity contribution in [3.63, 3.8) is 0 Å². The third kappa shape index (κ3) is 3.52. The van der Waals surface area contributed by atoms with Crippen LogP contribution in [0.15, 0.2) is 28.3 Å². The molecule has 1 aliphatic rings. The molecule has 0 saturated carbocycles. The second kappa shape index (κ2) is 7.78. The van der Waals surface area contributed by atoms with Gasteiger partial charge in [0.05, 0.1) is 34.9 Å². The summed E-state index contributed by atoms with van der Waals surface area (Å²) >= 11 is 1.49. The Morgan fingerprint density at radius 2 is 2.04 bits per heavy atom. The Hall–Kier alpha value is -2.02. The lowest BCUT2D eigenvalue weighted by atomic mass is 10.3. The van der Waals surface area contributed by atoms with Gasteiger partial charge < -0.3 is 9.30 Å². The van der Waals surface area contributed by atoms with Crippen LogP contribution in [0, 0.1) is 0 Å². The molecule has 150 valence electrons. The van der Waals surface area contributed by atoms with Gasteiger partial charge >= 0.3 is 0 Å². The molecule has 2 aromatic heterocycles. The van der Waals surface area contributed by atoms with Gasteiger partial charge in [-0.25, -0.2) is 18.1 Å². The number of nitrogens with zero attached hydrogens (tertiary/aromatic N) is 7. The van der Waals surface area contributed by atoms with E-state index in [-0.39, 0.29) is 4.90 Å². The van der Waals surface area contributed by atoms with Gasteiger partial charge in [0.15, 0.2) is 0 Å². The summed E-state index contributed by atoms with van der Waals surface area (Å²) in [5.41, 5.74) is 1.58. The van der Waals surface area contributed by atoms with Crippen LogP contribution >= 0.6 is 11.8 Å². The Morgan fingerprint density at radius 3 is 2.71 bits per heavy atom. The van der Waals surface area contributed by atoms with Crippen LogP contribution in [0.5, 0.6) is 0 Å². The van der Waals surface area contributed by atoms with Crippen LogP contribution in [0.25, 0.3) is 11.0 Å². The number of morpholine rings is 1. The fourth-order valence-electron chi connectivity index (χ4n) is 3.19. The summed E-state index contributed by atoms with van der Waals surface area (Å²) in [5, 5.41) is 12.1. The molecule has 10 nitrogen and oxygen atoms in total. The summed E-state index contributed by atoms with van der Waals surface area (Å²) in [4.78, 5) is 4.95. The molecule has 0 bridgehead atoms. The standard InChI is InChI=1S/C16H21N7O3S2/c1-3-23-14-5-4-12(28(24,25)22-6-8-26-9-7-22)10-13(14)17-15(23)11-27-16-18-19-20-21(16)2/h4-5,10H,3,6-9,11H2,1-2H3. The molecular formula is C16H21N7O3S2. The van der Waals surface area contributed by atoms with Gasteiger partial charge in [0.25, 0.3) is 0 Å². The molecule has 12 heteroatoms. The first-order chi connectivity index (χ1) is 13.5. The SMILES string of the molecule is CCn1c(CSc2nnnn2C)nc2cc(S(=O)(=O)N3CCOCC3)ccc21. The zero-order chi connectivity index (χ0) is 19.7. The number of rotatable bonds is 6. The maximum absolute atomic E-state index is 12.9. The van der Waals surface area contributed by atoms with Crippen molar-refractivity contribution in [3.8, 4) is 0 Å². The zero-order valence-corrected chi connectivity index (χ0v) is 17.3. The number of ether oxygens (including phenoxy) is 1. The van der Waals surface area contributed by atoms with Crippen LogP contribution in [0.2, 0.25) is 0 Å². The van der Waals surface area contributed by atoms with Gasteiger partial charge in [-0.05, 0) is 35.5 Å². The van der Waals surface area contributed by atoms with Gasteiger partial charge in [-0.2, -0.15) is 4.31 Å². The number of tetrazole rings is 1. The van der Waals surface area contributed by atoms with Crippen LogP contribution in [0.3, 0.4) is 0 Å². The average Bonchev–Trinajstić information content (AvgIpc) is 3.28. The predicted molar refractivity (Wildman–Crippen MR) is 103 cm³/mol. The Morgan fingerprint density at radius 1 is 1.25 bits per heavy atom. The monoisotopic (exact) mass is 423 g/mol. The summed E-state index contributed by atoms with van der Waals surface area (Å²) in [5.74, 6) is 1.44. The van der Waals surface area contributed by atoms with E-state index in [1.165, 1.54) is 16.1 Å². The molecule has 0 N–H and O–H groups in total. The normalized spacial score (nSPS) is 16.1. The van der Waals surface area contributed by atoms with Crippen molar-refractivity contribution < 1.29 is 13.2 Å². The topological polar surface area (TPSA) is 108 Å². The van der Waals surface area contributed by atoms with Crippen LogP contribution in [0.4, 0.5) is 0 Å². The Labute approximate surface area is 166 Å². The summed E-state index contributed by atoms with van der Waals surface area (Å²) in [6, 6.07) is 5.14. The highest BCUT2D eigenvalue weighted by Crippen LogP contribution is 2.26. The second-order valence-corrected chi connectivity index (χ2v) is 9.19. The summed E-state index contributed by atoms with van der Waals surface area (Å²) in [6.45, 7) is 4.36. The number of imidazole rings is 1. The molecule has 0 atom stereocenters. The van der Waals surface area contributed by atoms with Gasteiger partial charge in [0.2, 0.25) is 15.2 Å². The highest BCUT2D eigenvalue weighted by molar-refractivity contribution is 7.98. The first kappa shape index (κ1) is 19.3. The predicted octanol–water partition coefficient (Wildman–Crippen LogP) is 0.893. The minimum Gasteiger partial charge on any atom is -0.379 e. The molecule has 0 radical (unpaired) electrons. The molecule has 3 heterocycles. The average molecular weight is 424 g/mol. The fraction of sp³-hybridized carbons (Fsp3) is 0.500. The quantitative estimate of drug-likeness (QED) is 0.538. The highest BCUT2D eigenvalue weighted by atomic mass is 32.2. The van der Waals surface area contributed by atoms with Gasteiger partial charge in [0, 0.05) is 26.7 Å². The molecule has 0 amide bonds. The van der Waals surface area contributed by atoms with E-state index in [2.05, 4.69) is 25.1 Å². The third-order valence-electron chi connectivity index (χ3n) is 4.63. The fourth-order valence-corrected chi connectivity index (χ4v) is 5.42. The van der Waals surface area contributed by atoms with Crippen molar-refractivity contribution >= 4 is 32.8 Å². The van der Waals surface area contributed by atoms with Crippen LogP contribution < -0.4 is 0 Å². The van der Waals surface area contributed by atoms with E-state index in [0.717, 1.165) is 17.9 Å². The lowest BCUT2D eigenvalue weighted by molar-refractivity contribution is 0.0730. The van der Waals surface area contributed by atoms with Crippen molar-refractivity contribution in [3.05, 3.63) is 24.0 Å². The molecule has 4 rings (SSSR count). The molecule has 28 heavy (non-hydrogen) atoms. The van der Waals surface area contributed by atoms with E-state index in [9.17, 15) is 8.42 Å². The molecular weight excluding hydrogens is 402 g/mol. The Balaban J connectivity index is 1.65. The first-order valence-corrected chi connectivity index (χ1v) is 11.4. The van der Waals surface area contributed by atoms with E-state index < -0.39 is 10.0 Å². The highest BCUT2D eigenvalue weighted by Gasteiger charge is 2.27. The molecule has 0 unspecified atom stereocenters. The molecule has 3 aromatic rings. The Kier molecular flexibility index (Phi) is 5.36. The molecule has 1 fully saturated rings. The Bertz CT molecular complexity index is 1090. The number of hydrogen-bond acceptors (Lipinski definition) is 8. The maximum Gasteiger partial charge on any atom is 0.243 e. The van der Waals surface area contributed by atoms with Crippen molar-refractivity contribution in [2.45, 2.75) is 29.3 Å². The minimum atomic E-state index is -3.55. The van der Waals surface area contributed by atoms with Crippen LogP contribution in [-0.4, -0.2) is 68.8 Å². The van der Waals surface area contributed by atoms with Crippen LogP contribution in [-0.2, 0) is 34.1 Å². The van der Waals surface area contributed by atoms with E-state index >= 15 is 0 Å². The summed E-state index contributed by atoms with van der Waals surface area (Å²) in [6.07, 6.45) is 0. The number of fused-ring (bicyclic) bond motifs is 1. The van der Waals surface area contributed by atoms with Crippen LogP contribution in [0.1, 0.15) is 12.7 Å². The summed E-state index contributed by atoms with van der Waals surface area (Å²) < 4.78 is 36.2. The second-order valence-electron chi connectivity index (χ2n) is 6.31. The van der Waals surface area contributed by atoms with Crippen molar-refractivity contribution in [2.75, 3.05) is 26.3 Å².